The first-order chi connectivity index (χ1) is 7.01. The largest absolute Gasteiger partial charge is 0.360 e. The Balaban J connectivity index is 2.20. The Hall–Kier alpha value is -0.323. The van der Waals surface area contributed by atoms with Gasteiger partial charge in [0.2, 0.25) is 0 Å². The first kappa shape index (κ1) is 12.7. The second kappa shape index (κ2) is 5.68. The fourth-order valence-electron chi connectivity index (χ4n) is 1.08. The topological polar surface area (TPSA) is 27.1 Å². The Kier molecular flexibility index (Phi) is 4.82. The van der Waals surface area contributed by atoms with Crippen molar-refractivity contribution >= 4 is 19.7 Å². The predicted molar refractivity (Wildman–Crippen MR) is 65.9 cm³/mol. The van der Waals surface area contributed by atoms with Crippen molar-refractivity contribution in [3.05, 3.63) is 18.0 Å². The number of hydrogen-bond donors (Lipinski definition) is 0. The van der Waals surface area contributed by atoms with Gasteiger partial charge in [-0.15, -0.1) is 11.6 Å². The highest BCUT2D eigenvalue weighted by Gasteiger charge is 2.11. The van der Waals surface area contributed by atoms with Crippen LogP contribution in [0.2, 0.25) is 25.7 Å². The van der Waals surface area contributed by atoms with Crippen LogP contribution in [0.15, 0.2) is 12.4 Å². The first-order valence-electron chi connectivity index (χ1n) is 5.16. The zero-order valence-corrected chi connectivity index (χ0v) is 11.4. The van der Waals surface area contributed by atoms with Gasteiger partial charge in [-0.1, -0.05) is 19.6 Å². The summed E-state index contributed by atoms with van der Waals surface area (Å²) in [6.45, 7) is 8.38. The molecule has 1 aromatic rings. The van der Waals surface area contributed by atoms with Gasteiger partial charge in [0, 0.05) is 26.4 Å². The molecule has 1 heterocycles. The van der Waals surface area contributed by atoms with E-state index in [2.05, 4.69) is 24.7 Å². The summed E-state index contributed by atoms with van der Waals surface area (Å²) < 4.78 is 7.33. The predicted octanol–water partition coefficient (Wildman–Crippen LogP) is 2.93. The maximum Gasteiger partial charge on any atom is 0.139 e. The zero-order valence-electron chi connectivity index (χ0n) is 9.66. The van der Waals surface area contributed by atoms with Gasteiger partial charge in [-0.3, -0.25) is 0 Å². The highest BCUT2D eigenvalue weighted by atomic mass is 35.5. The van der Waals surface area contributed by atoms with E-state index in [1.807, 2.05) is 6.20 Å². The van der Waals surface area contributed by atoms with Gasteiger partial charge in [0.15, 0.2) is 0 Å². The van der Waals surface area contributed by atoms with Gasteiger partial charge in [0.25, 0.3) is 0 Å². The molecule has 0 aliphatic carbocycles. The summed E-state index contributed by atoms with van der Waals surface area (Å²) in [5.74, 6) is 0.509. The molecule has 0 unspecified atom stereocenters. The third-order valence-corrected chi connectivity index (χ3v) is 4.07. The van der Waals surface area contributed by atoms with Gasteiger partial charge < -0.3 is 4.74 Å². The van der Waals surface area contributed by atoms with E-state index in [-0.39, 0.29) is 0 Å². The van der Waals surface area contributed by atoms with E-state index in [9.17, 15) is 0 Å². The number of ether oxygens (including phenoxy) is 1. The molecule has 3 nitrogen and oxygen atoms in total. The molecular weight excluding hydrogens is 228 g/mol. The van der Waals surface area contributed by atoms with E-state index in [1.165, 1.54) is 6.04 Å². The van der Waals surface area contributed by atoms with Crippen molar-refractivity contribution in [3.63, 3.8) is 0 Å². The Morgan fingerprint density at radius 1 is 1.47 bits per heavy atom. The van der Waals surface area contributed by atoms with Crippen LogP contribution in [0.25, 0.3) is 0 Å². The Bertz CT molecular complexity index is 296. The van der Waals surface area contributed by atoms with Crippen LogP contribution in [0.4, 0.5) is 0 Å². The molecule has 0 aliphatic rings. The summed E-state index contributed by atoms with van der Waals surface area (Å²) in [4.78, 5) is 0. The molecule has 0 amide bonds. The molecule has 0 saturated carbocycles. The van der Waals surface area contributed by atoms with Crippen molar-refractivity contribution in [2.24, 2.45) is 0 Å². The molecule has 0 aromatic carbocycles. The van der Waals surface area contributed by atoms with Crippen molar-refractivity contribution in [2.45, 2.75) is 38.3 Å². The number of halogens is 1. The lowest BCUT2D eigenvalue weighted by Crippen LogP contribution is -2.22. The van der Waals surface area contributed by atoms with E-state index in [1.54, 1.807) is 10.9 Å². The van der Waals surface area contributed by atoms with Crippen molar-refractivity contribution < 1.29 is 4.74 Å². The van der Waals surface area contributed by atoms with Crippen molar-refractivity contribution in [1.29, 1.82) is 0 Å². The van der Waals surface area contributed by atoms with Crippen molar-refractivity contribution in [3.8, 4) is 0 Å². The lowest BCUT2D eigenvalue weighted by atomic mass is 10.4. The first-order valence-corrected chi connectivity index (χ1v) is 9.40. The molecule has 1 rings (SSSR count). The van der Waals surface area contributed by atoms with E-state index >= 15 is 0 Å². The molecule has 0 saturated heterocycles. The van der Waals surface area contributed by atoms with Crippen LogP contribution < -0.4 is 0 Å². The van der Waals surface area contributed by atoms with Crippen LogP contribution in [0, 0.1) is 0 Å². The molecule has 0 radical (unpaired) electrons. The third kappa shape index (κ3) is 5.35. The van der Waals surface area contributed by atoms with Gasteiger partial charge in [0.1, 0.15) is 6.73 Å². The van der Waals surface area contributed by atoms with E-state index in [0.29, 0.717) is 12.6 Å². The monoisotopic (exact) mass is 246 g/mol. The highest BCUT2D eigenvalue weighted by Crippen LogP contribution is 2.08. The summed E-state index contributed by atoms with van der Waals surface area (Å²) in [6, 6.07) is 1.19. The highest BCUT2D eigenvalue weighted by molar-refractivity contribution is 6.76. The minimum absolute atomic E-state index is 0.509. The average molecular weight is 247 g/mol. The second-order valence-electron chi connectivity index (χ2n) is 4.87. The van der Waals surface area contributed by atoms with E-state index < -0.39 is 8.07 Å². The minimum Gasteiger partial charge on any atom is -0.360 e. The number of nitrogens with zero attached hydrogens (tertiary/aromatic N) is 2. The molecule has 0 fully saturated rings. The lowest BCUT2D eigenvalue weighted by Gasteiger charge is -2.15. The molecular formula is C10H19ClN2OSi. The maximum atomic E-state index is 5.67. The SMILES string of the molecule is C[Si](C)(C)CCOCn1cc(CCl)cn1. The molecule has 0 spiro atoms. The van der Waals surface area contributed by atoms with Crippen molar-refractivity contribution in [2.75, 3.05) is 6.61 Å². The number of hydrogen-bond acceptors (Lipinski definition) is 2. The standard InChI is InChI=1S/C10H19ClN2OSi/c1-15(2,3)5-4-14-9-13-8-10(6-11)7-12-13/h7-8H,4-6,9H2,1-3H3. The van der Waals surface area contributed by atoms with E-state index in [0.717, 1.165) is 12.2 Å². The summed E-state index contributed by atoms with van der Waals surface area (Å²) in [5.41, 5.74) is 1.03. The maximum absolute atomic E-state index is 5.67. The number of rotatable bonds is 6. The molecule has 0 bridgehead atoms. The fraction of sp³-hybridized carbons (Fsp3) is 0.700. The minimum atomic E-state index is -0.973. The number of aromatic nitrogens is 2. The molecule has 0 N–H and O–H groups in total. The van der Waals surface area contributed by atoms with Crippen LogP contribution in [-0.2, 0) is 17.3 Å². The quantitative estimate of drug-likeness (QED) is 0.439. The van der Waals surface area contributed by atoms with Gasteiger partial charge in [-0.25, -0.2) is 4.68 Å². The summed E-state index contributed by atoms with van der Waals surface area (Å²) in [7, 11) is -0.973. The molecule has 86 valence electrons. The van der Waals surface area contributed by atoms with E-state index in [4.69, 9.17) is 16.3 Å². The van der Waals surface area contributed by atoms with Gasteiger partial charge in [-0.2, -0.15) is 5.10 Å². The third-order valence-electron chi connectivity index (χ3n) is 2.06. The average Bonchev–Trinajstić information content (AvgIpc) is 2.59. The summed E-state index contributed by atoms with van der Waals surface area (Å²) >= 11 is 5.67. The molecule has 15 heavy (non-hydrogen) atoms. The van der Waals surface area contributed by atoms with Gasteiger partial charge >= 0.3 is 0 Å². The van der Waals surface area contributed by atoms with Crippen LogP contribution in [0.5, 0.6) is 0 Å². The summed E-state index contributed by atoms with van der Waals surface area (Å²) in [6.07, 6.45) is 3.69. The van der Waals surface area contributed by atoms with Crippen molar-refractivity contribution in [1.82, 2.24) is 9.78 Å². The van der Waals surface area contributed by atoms with Crippen LogP contribution in [0.1, 0.15) is 5.56 Å². The van der Waals surface area contributed by atoms with Crippen LogP contribution in [-0.4, -0.2) is 24.5 Å². The zero-order chi connectivity index (χ0) is 11.3. The fourth-order valence-corrected chi connectivity index (χ4v) is 1.98. The smallest absolute Gasteiger partial charge is 0.139 e. The lowest BCUT2D eigenvalue weighted by molar-refractivity contribution is 0.0785. The molecule has 5 heteroatoms. The molecule has 0 aliphatic heterocycles. The van der Waals surface area contributed by atoms with Gasteiger partial charge in [-0.05, 0) is 6.04 Å². The molecule has 0 atom stereocenters. The molecule has 1 aromatic heterocycles. The number of alkyl halides is 1. The Labute approximate surface area is 97.4 Å². The summed E-state index contributed by atoms with van der Waals surface area (Å²) in [5, 5.41) is 4.14. The Morgan fingerprint density at radius 3 is 2.73 bits per heavy atom. The van der Waals surface area contributed by atoms with Gasteiger partial charge in [0.05, 0.1) is 12.1 Å². The normalized spacial score (nSPS) is 12.0. The van der Waals surface area contributed by atoms with Crippen LogP contribution >= 0.6 is 11.6 Å². The van der Waals surface area contributed by atoms with Crippen LogP contribution in [0.3, 0.4) is 0 Å². The second-order valence-corrected chi connectivity index (χ2v) is 10.8. The Morgan fingerprint density at radius 2 is 2.20 bits per heavy atom.